The van der Waals surface area contributed by atoms with Crippen LogP contribution in [0.5, 0.6) is 0 Å². The van der Waals surface area contributed by atoms with Gasteiger partial charge in [-0.2, -0.15) is 0 Å². The van der Waals surface area contributed by atoms with Crippen molar-refractivity contribution in [3.05, 3.63) is 58.6 Å². The molecule has 0 unspecified atom stereocenters. The predicted molar refractivity (Wildman–Crippen MR) is 143 cm³/mol. The van der Waals surface area contributed by atoms with E-state index in [0.29, 0.717) is 23.7 Å². The highest BCUT2D eigenvalue weighted by atomic mass is 35.5. The van der Waals surface area contributed by atoms with Crippen LogP contribution in [-0.4, -0.2) is 71.8 Å². The van der Waals surface area contributed by atoms with Gasteiger partial charge in [0, 0.05) is 86.3 Å². The van der Waals surface area contributed by atoms with Crippen molar-refractivity contribution in [2.75, 3.05) is 44.2 Å². The molecule has 0 aliphatic carbocycles. The molecule has 2 aliphatic rings. The molecule has 2 aliphatic heterocycles. The maximum absolute atomic E-state index is 13.5. The summed E-state index contributed by atoms with van der Waals surface area (Å²) in [4.78, 5) is 35.5. The minimum Gasteiger partial charge on any atom is -0.353 e. The summed E-state index contributed by atoms with van der Waals surface area (Å²) in [6.45, 7) is 4.54. The Morgan fingerprint density at radius 3 is 2.35 bits per heavy atom. The van der Waals surface area contributed by atoms with Crippen LogP contribution >= 0.6 is 22.9 Å². The Morgan fingerprint density at radius 1 is 0.946 bits per heavy atom. The summed E-state index contributed by atoms with van der Waals surface area (Å²) in [6, 6.07) is 11.2. The van der Waals surface area contributed by atoms with Gasteiger partial charge in [-0.05, 0) is 46.8 Å². The molecular weight excluding hydrogens is 518 g/mol. The zero-order valence-electron chi connectivity index (χ0n) is 20.4. The minimum absolute atomic E-state index is 0.0411. The van der Waals surface area contributed by atoms with Crippen LogP contribution in [0.1, 0.15) is 30.1 Å². The van der Waals surface area contributed by atoms with Gasteiger partial charge >= 0.3 is 0 Å². The van der Waals surface area contributed by atoms with Crippen LogP contribution in [0.4, 0.5) is 14.6 Å². The van der Waals surface area contributed by atoms with Gasteiger partial charge in [0.1, 0.15) is 5.82 Å². The van der Waals surface area contributed by atoms with Crippen LogP contribution < -0.4 is 4.90 Å². The quantitative estimate of drug-likeness (QED) is 0.425. The Labute approximate surface area is 223 Å². The van der Waals surface area contributed by atoms with Gasteiger partial charge in [-0.3, -0.25) is 9.59 Å². The molecule has 2 saturated heterocycles. The first-order valence-electron chi connectivity index (χ1n) is 12.2. The van der Waals surface area contributed by atoms with Gasteiger partial charge in [-0.15, -0.1) is 11.3 Å². The maximum atomic E-state index is 13.5. The smallest absolute Gasteiger partial charge is 0.253 e. The van der Waals surface area contributed by atoms with Crippen LogP contribution in [0.25, 0.3) is 21.6 Å². The summed E-state index contributed by atoms with van der Waals surface area (Å²) in [6.07, 6.45) is 1.17. The van der Waals surface area contributed by atoms with Crippen molar-refractivity contribution in [2.45, 2.75) is 25.7 Å². The molecule has 0 N–H and O–H groups in total. The van der Waals surface area contributed by atoms with Crippen molar-refractivity contribution in [3.63, 3.8) is 0 Å². The van der Waals surface area contributed by atoms with E-state index in [1.165, 1.54) is 4.90 Å². The van der Waals surface area contributed by atoms with Crippen molar-refractivity contribution in [3.8, 4) is 21.6 Å². The van der Waals surface area contributed by atoms with E-state index in [-0.39, 0.29) is 37.7 Å². The van der Waals surface area contributed by atoms with Gasteiger partial charge < -0.3 is 14.7 Å². The molecule has 4 heterocycles. The average Bonchev–Trinajstić information content (AvgIpc) is 3.38. The number of piperazine rings is 1. The summed E-state index contributed by atoms with van der Waals surface area (Å²) in [5, 5.41) is 2.47. The molecular formula is C27H27ClF2N4O2S. The molecule has 0 bridgehead atoms. The molecule has 194 valence electrons. The second-order valence-corrected chi connectivity index (χ2v) is 10.8. The highest BCUT2D eigenvalue weighted by Gasteiger charge is 2.35. The highest BCUT2D eigenvalue weighted by molar-refractivity contribution is 7.14. The largest absolute Gasteiger partial charge is 0.353 e. The molecule has 37 heavy (non-hydrogen) atoms. The van der Waals surface area contributed by atoms with Crippen molar-refractivity contribution in [2.24, 2.45) is 0 Å². The predicted octanol–water partition coefficient (Wildman–Crippen LogP) is 5.67. The fourth-order valence-electron chi connectivity index (χ4n) is 4.73. The number of anilines is 1. The minimum atomic E-state index is -2.70. The zero-order chi connectivity index (χ0) is 26.2. The molecule has 0 spiro atoms. The molecule has 2 aromatic heterocycles. The van der Waals surface area contributed by atoms with Gasteiger partial charge in [-0.1, -0.05) is 17.7 Å². The number of amides is 2. The van der Waals surface area contributed by atoms with Crippen molar-refractivity contribution in [1.29, 1.82) is 0 Å². The molecule has 2 fully saturated rings. The van der Waals surface area contributed by atoms with Crippen LogP contribution in [0, 0.1) is 0 Å². The molecule has 10 heteroatoms. The number of alkyl halides is 2. The topological polar surface area (TPSA) is 56.8 Å². The SMILES string of the molecule is CC(=O)N1CCN(c2cc(-c3cc(-c4ccc(C(=O)N5CCC(F)(F)CC5)cc4Cl)cs3)ccn2)CC1. The molecule has 3 aromatic rings. The Hall–Kier alpha value is -3.04. The third-order valence-electron chi connectivity index (χ3n) is 6.99. The van der Waals surface area contributed by atoms with E-state index in [0.717, 1.165) is 40.5 Å². The van der Waals surface area contributed by atoms with E-state index >= 15 is 0 Å². The summed E-state index contributed by atoms with van der Waals surface area (Å²) in [5.74, 6) is -2.00. The molecule has 0 atom stereocenters. The third kappa shape index (κ3) is 5.62. The van der Waals surface area contributed by atoms with E-state index in [1.807, 2.05) is 22.4 Å². The van der Waals surface area contributed by atoms with Crippen molar-refractivity contribution < 1.29 is 18.4 Å². The number of likely N-dealkylation sites (tertiary alicyclic amines) is 1. The summed E-state index contributed by atoms with van der Waals surface area (Å²) < 4.78 is 26.9. The van der Waals surface area contributed by atoms with Gasteiger partial charge in [-0.25, -0.2) is 13.8 Å². The van der Waals surface area contributed by atoms with E-state index < -0.39 is 5.92 Å². The first kappa shape index (κ1) is 25.6. The molecule has 6 nitrogen and oxygen atoms in total. The molecule has 0 radical (unpaired) electrons. The first-order chi connectivity index (χ1) is 17.7. The number of halogens is 3. The zero-order valence-corrected chi connectivity index (χ0v) is 22.0. The average molecular weight is 545 g/mol. The Balaban J connectivity index is 1.30. The van der Waals surface area contributed by atoms with E-state index in [9.17, 15) is 18.4 Å². The van der Waals surface area contributed by atoms with Gasteiger partial charge in [0.15, 0.2) is 0 Å². The summed E-state index contributed by atoms with van der Waals surface area (Å²) >= 11 is 8.17. The Kier molecular flexibility index (Phi) is 7.18. The second-order valence-electron chi connectivity index (χ2n) is 9.44. The summed E-state index contributed by atoms with van der Waals surface area (Å²) in [7, 11) is 0. The summed E-state index contributed by atoms with van der Waals surface area (Å²) in [5.41, 5.74) is 3.19. The third-order valence-corrected chi connectivity index (χ3v) is 8.28. The normalized spacial score (nSPS) is 17.7. The standard InChI is InChI=1S/C27H27ClF2N4O2S/c1-18(35)32-10-12-33(13-11-32)25-16-19(4-7-31-25)24-15-21(17-37-24)22-3-2-20(14-23(22)28)26(36)34-8-5-27(29,30)6-9-34/h2-4,7,14-17H,5-6,8-13H2,1H3. The van der Waals surface area contributed by atoms with E-state index in [1.54, 1.807) is 36.6 Å². The lowest BCUT2D eigenvalue weighted by molar-refractivity contribution is -0.129. The number of hydrogen-bond donors (Lipinski definition) is 0. The number of rotatable bonds is 4. The number of aromatic nitrogens is 1. The number of hydrogen-bond acceptors (Lipinski definition) is 5. The van der Waals surface area contributed by atoms with E-state index in [2.05, 4.69) is 22.0 Å². The van der Waals surface area contributed by atoms with Crippen LogP contribution in [0.2, 0.25) is 5.02 Å². The van der Waals surface area contributed by atoms with Crippen molar-refractivity contribution >= 4 is 40.6 Å². The lowest BCUT2D eigenvalue weighted by Gasteiger charge is -2.35. The second kappa shape index (κ2) is 10.4. The highest BCUT2D eigenvalue weighted by Crippen LogP contribution is 2.37. The van der Waals surface area contributed by atoms with Crippen LogP contribution in [-0.2, 0) is 4.79 Å². The lowest BCUT2D eigenvalue weighted by atomic mass is 10.0. The number of carbonyl (C=O) groups is 2. The Bertz CT molecular complexity index is 1310. The number of pyridine rings is 1. The number of benzene rings is 1. The number of nitrogens with zero attached hydrogens (tertiary/aromatic N) is 4. The number of carbonyl (C=O) groups excluding carboxylic acids is 2. The maximum Gasteiger partial charge on any atom is 0.253 e. The molecule has 1 aromatic carbocycles. The van der Waals surface area contributed by atoms with Gasteiger partial charge in [0.25, 0.3) is 11.8 Å². The first-order valence-corrected chi connectivity index (χ1v) is 13.5. The molecule has 0 saturated carbocycles. The Morgan fingerprint density at radius 2 is 1.68 bits per heavy atom. The van der Waals surface area contributed by atoms with E-state index in [4.69, 9.17) is 11.6 Å². The van der Waals surface area contributed by atoms with Crippen LogP contribution in [0.15, 0.2) is 48.0 Å². The molecule has 2 amide bonds. The molecule has 5 rings (SSSR count). The number of thiophene rings is 1. The number of piperidine rings is 1. The van der Waals surface area contributed by atoms with Crippen LogP contribution in [0.3, 0.4) is 0 Å². The fraction of sp³-hybridized carbons (Fsp3) is 0.370. The lowest BCUT2D eigenvalue weighted by Crippen LogP contribution is -2.48. The van der Waals surface area contributed by atoms with Gasteiger partial charge in [0.05, 0.1) is 0 Å². The van der Waals surface area contributed by atoms with Gasteiger partial charge in [0.2, 0.25) is 5.91 Å². The fourth-order valence-corrected chi connectivity index (χ4v) is 5.92. The van der Waals surface area contributed by atoms with Crippen molar-refractivity contribution in [1.82, 2.24) is 14.8 Å². The monoisotopic (exact) mass is 544 g/mol.